The fraction of sp³-hybridized carbons (Fsp3) is 0.474. The second-order valence-electron chi connectivity index (χ2n) is 7.96. The summed E-state index contributed by atoms with van der Waals surface area (Å²) in [7, 11) is 0. The Bertz CT molecular complexity index is 1050. The average molecular weight is 557 g/mol. The molecule has 4 rings (SSSR count). The minimum Gasteiger partial charge on any atom is -0.459 e. The molecule has 4 atom stereocenters. The Hall–Kier alpha value is -0.680. The van der Waals surface area contributed by atoms with Crippen LogP contribution in [0.4, 0.5) is 5.69 Å². The molecular formula is C19H17Cl4N3O4S2. The molecule has 1 aromatic carbocycles. The minimum absolute atomic E-state index is 0.154. The number of aliphatic imine (C=N–C) groups is 1. The van der Waals surface area contributed by atoms with Gasteiger partial charge in [0.05, 0.1) is 10.4 Å². The number of halogens is 4. The third kappa shape index (κ3) is 3.74. The van der Waals surface area contributed by atoms with E-state index in [4.69, 9.17) is 56.9 Å². The number of ether oxygens (including phenoxy) is 1. The van der Waals surface area contributed by atoms with E-state index < -0.39 is 43.5 Å². The highest BCUT2D eigenvalue weighted by Gasteiger charge is 2.88. The summed E-state index contributed by atoms with van der Waals surface area (Å²) >= 11 is 25.2. The maximum atomic E-state index is 13.4. The molecule has 0 spiro atoms. The molecule has 3 aliphatic rings. The van der Waals surface area contributed by atoms with Crippen LogP contribution >= 0.6 is 69.9 Å². The highest BCUT2D eigenvalue weighted by Crippen LogP contribution is 2.73. The molecule has 2 saturated heterocycles. The first-order chi connectivity index (χ1) is 14.7. The molecule has 0 bridgehead atoms. The van der Waals surface area contributed by atoms with Gasteiger partial charge in [0.1, 0.15) is 17.0 Å². The van der Waals surface area contributed by atoms with Crippen LogP contribution in [0.5, 0.6) is 0 Å². The van der Waals surface area contributed by atoms with Crippen LogP contribution in [0.1, 0.15) is 20.3 Å². The lowest BCUT2D eigenvalue weighted by atomic mass is 9.87. The Morgan fingerprint density at radius 1 is 1.34 bits per heavy atom. The zero-order valence-electron chi connectivity index (χ0n) is 16.7. The molecule has 0 aromatic heterocycles. The van der Waals surface area contributed by atoms with E-state index in [1.54, 1.807) is 24.3 Å². The monoisotopic (exact) mass is 555 g/mol. The molecule has 172 valence electrons. The first-order valence-electron chi connectivity index (χ1n) is 9.32. The van der Waals surface area contributed by atoms with Crippen LogP contribution in [-0.4, -0.2) is 58.5 Å². The van der Waals surface area contributed by atoms with Crippen LogP contribution in [0.25, 0.3) is 0 Å². The Kier molecular flexibility index (Phi) is 6.06. The quantitative estimate of drug-likeness (QED) is 0.196. The smallest absolute Gasteiger partial charge is 0.333 e. The number of benzene rings is 1. The van der Waals surface area contributed by atoms with Crippen LogP contribution in [0.2, 0.25) is 5.02 Å². The van der Waals surface area contributed by atoms with Gasteiger partial charge >= 0.3 is 5.97 Å². The lowest BCUT2D eigenvalue weighted by Gasteiger charge is -2.52. The first kappa shape index (κ1) is 24.4. The molecule has 0 radical (unpaired) electrons. The zero-order valence-corrected chi connectivity index (χ0v) is 21.4. The molecule has 3 fully saturated rings. The number of nitrogens with zero attached hydrogens (tertiary/aromatic N) is 2. The van der Waals surface area contributed by atoms with Crippen LogP contribution in [0.3, 0.4) is 0 Å². The number of carbonyl (C=O) groups is 3. The number of hydrogen-bond acceptors (Lipinski definition) is 8. The highest BCUT2D eigenvalue weighted by molar-refractivity contribution is 8.26. The maximum absolute atomic E-state index is 13.4. The van der Waals surface area contributed by atoms with Crippen molar-refractivity contribution in [3.05, 3.63) is 29.3 Å². The topological polar surface area (TPSA) is 102 Å². The molecule has 2 aliphatic heterocycles. The van der Waals surface area contributed by atoms with Gasteiger partial charge in [-0.15, -0.1) is 11.8 Å². The van der Waals surface area contributed by atoms with Gasteiger partial charge in [-0.1, -0.05) is 46.4 Å². The number of alkyl halides is 3. The maximum Gasteiger partial charge on any atom is 0.333 e. The molecule has 2 heterocycles. The minimum atomic E-state index is -1.77. The Morgan fingerprint density at radius 3 is 2.53 bits per heavy atom. The zero-order chi connectivity index (χ0) is 23.7. The number of carbonyl (C=O) groups excluding carboxylic acids is 3. The van der Waals surface area contributed by atoms with Crippen molar-refractivity contribution in [3.8, 4) is 0 Å². The molecule has 32 heavy (non-hydrogen) atoms. The van der Waals surface area contributed by atoms with Crippen molar-refractivity contribution in [3.63, 3.8) is 0 Å². The molecular weight excluding hydrogens is 540 g/mol. The van der Waals surface area contributed by atoms with Gasteiger partial charge in [0.25, 0.3) is 5.91 Å². The summed E-state index contributed by atoms with van der Waals surface area (Å²) in [5, 5.41) is -0.203. The van der Waals surface area contributed by atoms with E-state index in [1.807, 2.05) is 6.92 Å². The van der Waals surface area contributed by atoms with Gasteiger partial charge in [-0.25, -0.2) is 9.79 Å². The summed E-state index contributed by atoms with van der Waals surface area (Å²) in [6, 6.07) is 6.60. The van der Waals surface area contributed by atoms with Crippen LogP contribution < -0.4 is 5.73 Å². The predicted molar refractivity (Wildman–Crippen MR) is 129 cm³/mol. The Balaban J connectivity index is 1.65. The number of rotatable bonds is 4. The van der Waals surface area contributed by atoms with Crippen LogP contribution in [-0.2, 0) is 19.1 Å². The normalized spacial score (nSPS) is 33.3. The van der Waals surface area contributed by atoms with Crippen molar-refractivity contribution in [2.45, 2.75) is 45.3 Å². The number of fused-ring (bicyclic) bond motifs is 3. The molecule has 1 saturated carbocycles. The Labute approximate surface area is 212 Å². The molecule has 3 unspecified atom stereocenters. The van der Waals surface area contributed by atoms with Gasteiger partial charge < -0.3 is 15.4 Å². The third-order valence-electron chi connectivity index (χ3n) is 5.68. The van der Waals surface area contributed by atoms with E-state index in [1.165, 1.54) is 23.6 Å². The van der Waals surface area contributed by atoms with Crippen LogP contribution in [0.15, 0.2) is 29.3 Å². The third-order valence-corrected chi connectivity index (χ3v) is 8.98. The first-order valence-corrected chi connectivity index (χ1v) is 12.5. The van der Waals surface area contributed by atoms with Crippen molar-refractivity contribution < 1.29 is 19.1 Å². The van der Waals surface area contributed by atoms with Gasteiger partial charge in [-0.3, -0.25) is 9.59 Å². The number of thioether (sulfide) groups is 2. The molecule has 1 aliphatic carbocycles. The van der Waals surface area contributed by atoms with E-state index in [2.05, 4.69) is 4.99 Å². The summed E-state index contributed by atoms with van der Waals surface area (Å²) in [6.07, 6.45) is 0.394. The van der Waals surface area contributed by atoms with E-state index in [0.717, 1.165) is 11.8 Å². The largest absolute Gasteiger partial charge is 0.459 e. The lowest BCUT2D eigenvalue weighted by Crippen LogP contribution is -2.81. The Morgan fingerprint density at radius 2 is 1.97 bits per heavy atom. The second-order valence-corrected chi connectivity index (χ2v) is 13.7. The molecule has 13 heteroatoms. The van der Waals surface area contributed by atoms with Crippen molar-refractivity contribution in [1.82, 2.24) is 4.90 Å². The number of β-lactam (4-membered cyclic amide) rings is 1. The van der Waals surface area contributed by atoms with E-state index in [0.29, 0.717) is 17.1 Å². The summed E-state index contributed by atoms with van der Waals surface area (Å²) < 4.78 is 2.84. The van der Waals surface area contributed by atoms with Crippen molar-refractivity contribution in [2.75, 3.05) is 6.61 Å². The molecule has 1 aromatic rings. The summed E-state index contributed by atoms with van der Waals surface area (Å²) in [6.45, 7) is 2.78. The van der Waals surface area contributed by atoms with Gasteiger partial charge in [0.2, 0.25) is 3.79 Å². The number of esters is 1. The molecule has 7 nitrogen and oxygen atoms in total. The highest BCUT2D eigenvalue weighted by atomic mass is 35.6. The van der Waals surface area contributed by atoms with Crippen LogP contribution in [0, 0.1) is 0 Å². The van der Waals surface area contributed by atoms with E-state index >= 15 is 0 Å². The van der Waals surface area contributed by atoms with Gasteiger partial charge in [0, 0.05) is 18.4 Å². The van der Waals surface area contributed by atoms with E-state index in [-0.39, 0.29) is 10.2 Å². The standard InChI is InChI=1S/C19H17Cl4N3O4S2/c1-9(27)31-12(25-11-5-3-10(20)4-6-11)19(24)13(28)26-14(19)32-16(2)7-17(16,26)15(29)30-8-18(21,22)23/h3-6,14H,7-8,24H2,1-2H3/t14-,16?,17?,19?/m0/s1. The lowest BCUT2D eigenvalue weighted by molar-refractivity contribution is -0.167. The molecule has 2 N–H and O–H groups in total. The number of amides is 1. The fourth-order valence-electron chi connectivity index (χ4n) is 4.06. The van der Waals surface area contributed by atoms with E-state index in [9.17, 15) is 14.4 Å². The average Bonchev–Trinajstić information content (AvgIpc) is 3.23. The predicted octanol–water partition coefficient (Wildman–Crippen LogP) is 4.08. The number of nitrogens with two attached hydrogens (primary N) is 1. The number of hydrogen-bond donors (Lipinski definition) is 1. The summed E-state index contributed by atoms with van der Waals surface area (Å²) in [4.78, 5) is 44.2. The summed E-state index contributed by atoms with van der Waals surface area (Å²) in [5.74, 6) is -1.16. The van der Waals surface area contributed by atoms with Crippen molar-refractivity contribution >= 4 is 97.7 Å². The van der Waals surface area contributed by atoms with Gasteiger partial charge in [-0.05, 0) is 43.0 Å². The van der Waals surface area contributed by atoms with Crippen molar-refractivity contribution in [1.29, 1.82) is 0 Å². The molecule has 1 amide bonds. The van der Waals surface area contributed by atoms with Crippen molar-refractivity contribution in [2.24, 2.45) is 10.7 Å². The van der Waals surface area contributed by atoms with Gasteiger partial charge in [-0.2, -0.15) is 0 Å². The second kappa shape index (κ2) is 7.93. The SMILES string of the molecule is CC(=O)SC(=Nc1ccc(Cl)cc1)C1(N)C(=O)N2[C@H]1SC1(C)CC21C(=O)OCC(Cl)(Cl)Cl. The van der Waals surface area contributed by atoms with Gasteiger partial charge in [0.15, 0.2) is 16.2 Å². The fourth-order valence-corrected chi connectivity index (χ4v) is 7.15. The summed E-state index contributed by atoms with van der Waals surface area (Å²) in [5.41, 5.74) is 4.32.